The molecule has 0 radical (unpaired) electrons. The van der Waals surface area contributed by atoms with Gasteiger partial charge in [0.2, 0.25) is 0 Å². The third-order valence-corrected chi connectivity index (χ3v) is 6.21. The Hall–Kier alpha value is -2.60. The Bertz CT molecular complexity index is 991. The lowest BCUT2D eigenvalue weighted by atomic mass is 9.96. The number of furan rings is 1. The first-order chi connectivity index (χ1) is 13.6. The van der Waals surface area contributed by atoms with Crippen LogP contribution in [0.4, 0.5) is 0 Å². The predicted octanol–water partition coefficient (Wildman–Crippen LogP) is 4.60. The van der Waals surface area contributed by atoms with Crippen molar-refractivity contribution in [2.24, 2.45) is 0 Å². The summed E-state index contributed by atoms with van der Waals surface area (Å²) in [7, 11) is 0. The Morgan fingerprint density at radius 1 is 1.21 bits per heavy atom. The molecule has 28 heavy (non-hydrogen) atoms. The number of pyridine rings is 1. The van der Waals surface area contributed by atoms with Crippen molar-refractivity contribution in [3.8, 4) is 0 Å². The van der Waals surface area contributed by atoms with Crippen molar-refractivity contribution in [2.75, 3.05) is 0 Å². The van der Waals surface area contributed by atoms with Gasteiger partial charge in [0, 0.05) is 23.6 Å². The number of nitrogens with zero attached hydrogens (tertiary/aromatic N) is 3. The molecule has 1 aliphatic carbocycles. The van der Waals surface area contributed by atoms with E-state index in [1.807, 2.05) is 30.5 Å². The minimum atomic E-state index is 0.0109. The molecule has 1 saturated heterocycles. The highest BCUT2D eigenvalue weighted by Gasteiger charge is 2.42. The van der Waals surface area contributed by atoms with Crippen LogP contribution in [0, 0.1) is 13.8 Å². The van der Waals surface area contributed by atoms with Crippen molar-refractivity contribution in [1.82, 2.24) is 19.8 Å². The lowest BCUT2D eigenvalue weighted by Crippen LogP contribution is -2.29. The van der Waals surface area contributed by atoms with Gasteiger partial charge < -0.3 is 19.2 Å². The zero-order valence-corrected chi connectivity index (χ0v) is 16.9. The summed E-state index contributed by atoms with van der Waals surface area (Å²) in [5.41, 5.74) is 4.99. The second-order valence-electron chi connectivity index (χ2n) is 7.76. The molecule has 0 aromatic carbocycles. The monoisotopic (exact) mass is 392 g/mol. The molecule has 4 heterocycles. The van der Waals surface area contributed by atoms with Crippen molar-refractivity contribution in [1.29, 1.82) is 0 Å². The number of nitrogens with one attached hydrogen (secondary N) is 1. The average molecular weight is 393 g/mol. The highest BCUT2D eigenvalue weighted by Crippen LogP contribution is 2.45. The summed E-state index contributed by atoms with van der Waals surface area (Å²) < 4.78 is 8.12. The quantitative estimate of drug-likeness (QED) is 0.643. The molecule has 5 rings (SSSR count). The molecule has 5 nitrogen and oxygen atoms in total. The van der Waals surface area contributed by atoms with E-state index < -0.39 is 0 Å². The first-order valence-electron chi connectivity index (χ1n) is 9.82. The van der Waals surface area contributed by atoms with E-state index in [9.17, 15) is 0 Å². The SMILES string of the molecule is Cc1cc([C@@H]2[C@H](c3ccccn3)NC(=S)N2Cc2ccco2)c(C)n1C1CC1. The summed E-state index contributed by atoms with van der Waals surface area (Å²) >= 11 is 5.75. The van der Waals surface area contributed by atoms with Gasteiger partial charge in [-0.1, -0.05) is 6.07 Å². The fourth-order valence-electron chi connectivity index (χ4n) is 4.48. The number of hydrogen-bond acceptors (Lipinski definition) is 3. The second-order valence-corrected chi connectivity index (χ2v) is 8.15. The van der Waals surface area contributed by atoms with E-state index in [1.165, 1.54) is 29.8 Å². The molecule has 0 bridgehead atoms. The number of thiocarbonyl (C=S) groups is 1. The molecular formula is C22H24N4OS. The summed E-state index contributed by atoms with van der Waals surface area (Å²) in [4.78, 5) is 6.87. The zero-order valence-electron chi connectivity index (χ0n) is 16.1. The summed E-state index contributed by atoms with van der Waals surface area (Å²) in [5.74, 6) is 0.909. The van der Waals surface area contributed by atoms with Gasteiger partial charge in [0.05, 0.1) is 30.6 Å². The third-order valence-electron chi connectivity index (χ3n) is 5.86. The fourth-order valence-corrected chi connectivity index (χ4v) is 4.79. The highest BCUT2D eigenvalue weighted by atomic mass is 32.1. The summed E-state index contributed by atoms with van der Waals surface area (Å²) in [6.45, 7) is 5.09. The Balaban J connectivity index is 1.59. The van der Waals surface area contributed by atoms with Gasteiger partial charge in [-0.25, -0.2) is 0 Å². The first-order valence-corrected chi connectivity index (χ1v) is 10.2. The van der Waals surface area contributed by atoms with Gasteiger partial charge in [0.15, 0.2) is 5.11 Å². The van der Waals surface area contributed by atoms with Gasteiger partial charge >= 0.3 is 0 Å². The molecule has 2 atom stereocenters. The molecule has 3 aromatic rings. The van der Waals surface area contributed by atoms with Crippen LogP contribution in [0.5, 0.6) is 0 Å². The van der Waals surface area contributed by atoms with Crippen LogP contribution < -0.4 is 5.32 Å². The molecule has 2 aliphatic rings. The number of hydrogen-bond donors (Lipinski definition) is 1. The number of aryl methyl sites for hydroxylation is 1. The maximum atomic E-state index is 5.75. The van der Waals surface area contributed by atoms with Gasteiger partial charge in [-0.05, 0) is 74.8 Å². The van der Waals surface area contributed by atoms with E-state index in [2.05, 4.69) is 45.7 Å². The molecule has 2 fully saturated rings. The topological polar surface area (TPSA) is 46.2 Å². The summed E-state index contributed by atoms with van der Waals surface area (Å²) in [6, 6.07) is 13.1. The molecule has 6 heteroatoms. The Morgan fingerprint density at radius 2 is 2.07 bits per heavy atom. The maximum Gasteiger partial charge on any atom is 0.170 e. The average Bonchev–Trinajstić information content (AvgIpc) is 3.16. The van der Waals surface area contributed by atoms with Crippen LogP contribution in [0.15, 0.2) is 53.3 Å². The summed E-state index contributed by atoms with van der Waals surface area (Å²) in [6.07, 6.45) is 6.11. The van der Waals surface area contributed by atoms with Gasteiger partial charge in [0.25, 0.3) is 0 Å². The maximum absolute atomic E-state index is 5.75. The van der Waals surface area contributed by atoms with Crippen LogP contribution in [0.2, 0.25) is 0 Å². The minimum Gasteiger partial charge on any atom is -0.467 e. The second kappa shape index (κ2) is 6.78. The standard InChI is InChI=1S/C22H24N4OS/c1-14-12-18(15(2)26(14)16-8-9-16)21-20(19-7-3-4-10-23-19)24-22(28)25(21)13-17-6-5-11-27-17/h3-7,10-12,16,20-21H,8-9,13H2,1-2H3,(H,24,28)/t20-,21+/m0/s1. The largest absolute Gasteiger partial charge is 0.467 e. The van der Waals surface area contributed by atoms with Crippen molar-refractivity contribution >= 4 is 17.3 Å². The van der Waals surface area contributed by atoms with E-state index in [1.54, 1.807) is 6.26 Å². The Kier molecular flexibility index (Phi) is 4.23. The summed E-state index contributed by atoms with van der Waals surface area (Å²) in [5, 5.41) is 4.27. The molecule has 3 aromatic heterocycles. The van der Waals surface area contributed by atoms with Crippen LogP contribution in [0.25, 0.3) is 0 Å². The Morgan fingerprint density at radius 3 is 2.75 bits per heavy atom. The van der Waals surface area contributed by atoms with Crippen LogP contribution >= 0.6 is 12.2 Å². The third kappa shape index (κ3) is 2.92. The van der Waals surface area contributed by atoms with E-state index in [0.717, 1.165) is 16.6 Å². The minimum absolute atomic E-state index is 0.0109. The smallest absolute Gasteiger partial charge is 0.170 e. The first kappa shape index (κ1) is 17.5. The molecule has 144 valence electrons. The van der Waals surface area contributed by atoms with E-state index in [4.69, 9.17) is 16.6 Å². The normalized spacial score (nSPS) is 21.9. The van der Waals surface area contributed by atoms with E-state index in [0.29, 0.717) is 12.6 Å². The molecular weight excluding hydrogens is 368 g/mol. The van der Waals surface area contributed by atoms with Gasteiger partial charge in [-0.15, -0.1) is 0 Å². The van der Waals surface area contributed by atoms with Gasteiger partial charge in [-0.3, -0.25) is 4.98 Å². The van der Waals surface area contributed by atoms with Crippen molar-refractivity contribution in [3.63, 3.8) is 0 Å². The van der Waals surface area contributed by atoms with E-state index >= 15 is 0 Å². The van der Waals surface area contributed by atoms with Crippen LogP contribution in [0.3, 0.4) is 0 Å². The van der Waals surface area contributed by atoms with Crippen molar-refractivity contribution in [2.45, 2.75) is 51.4 Å². The van der Waals surface area contributed by atoms with Crippen molar-refractivity contribution in [3.05, 3.63) is 77.3 Å². The molecule has 1 N–H and O–H groups in total. The number of rotatable bonds is 5. The lowest BCUT2D eigenvalue weighted by Gasteiger charge is -2.27. The van der Waals surface area contributed by atoms with Crippen molar-refractivity contribution < 1.29 is 4.42 Å². The van der Waals surface area contributed by atoms with Gasteiger partial charge in [0.1, 0.15) is 5.76 Å². The fraction of sp³-hybridized carbons (Fsp3) is 0.364. The number of aromatic nitrogens is 2. The zero-order chi connectivity index (χ0) is 19.3. The highest BCUT2D eigenvalue weighted by molar-refractivity contribution is 7.80. The lowest BCUT2D eigenvalue weighted by molar-refractivity contribution is 0.286. The molecule has 0 unspecified atom stereocenters. The van der Waals surface area contributed by atoms with Gasteiger partial charge in [-0.2, -0.15) is 0 Å². The van der Waals surface area contributed by atoms with Crippen LogP contribution in [0.1, 0.15) is 59.4 Å². The van der Waals surface area contributed by atoms with E-state index in [-0.39, 0.29) is 12.1 Å². The van der Waals surface area contributed by atoms with Crippen LogP contribution in [-0.4, -0.2) is 19.6 Å². The molecule has 1 saturated carbocycles. The molecule has 0 amide bonds. The molecule has 0 spiro atoms. The predicted molar refractivity (Wildman–Crippen MR) is 112 cm³/mol. The molecule has 1 aliphatic heterocycles. The van der Waals surface area contributed by atoms with Crippen LogP contribution in [-0.2, 0) is 6.54 Å². The Labute approximate surface area is 170 Å².